The minimum atomic E-state index is 0.676. The zero-order chi connectivity index (χ0) is 14.1. The maximum Gasteiger partial charge on any atom is 0.178 e. The van der Waals surface area contributed by atoms with Crippen molar-refractivity contribution in [2.45, 2.75) is 6.92 Å². The number of hydrogen-bond donors (Lipinski definition) is 1. The van der Waals surface area contributed by atoms with Crippen molar-refractivity contribution in [3.63, 3.8) is 0 Å². The monoisotopic (exact) mass is 269 g/mol. The predicted molar refractivity (Wildman–Crippen MR) is 77.2 cm³/mol. The van der Waals surface area contributed by atoms with Crippen molar-refractivity contribution in [3.05, 3.63) is 36.0 Å². The summed E-state index contributed by atoms with van der Waals surface area (Å²) in [5, 5.41) is 0. The van der Waals surface area contributed by atoms with Crippen LogP contribution in [0.2, 0.25) is 0 Å². The molecular weight excluding hydrogens is 254 g/mol. The lowest BCUT2D eigenvalue weighted by atomic mass is 10.2. The van der Waals surface area contributed by atoms with E-state index < -0.39 is 0 Å². The second-order valence-electron chi connectivity index (χ2n) is 4.48. The SMILES string of the molecule is COc1ccc(-c2nc3nc(C)ccc3[nH]2)cc1OC. The number of nitrogens with zero attached hydrogens (tertiary/aromatic N) is 2. The van der Waals surface area contributed by atoms with Crippen molar-refractivity contribution in [1.82, 2.24) is 15.0 Å². The van der Waals surface area contributed by atoms with Crippen molar-refractivity contribution in [2.75, 3.05) is 14.2 Å². The second-order valence-corrected chi connectivity index (χ2v) is 4.48. The smallest absolute Gasteiger partial charge is 0.178 e. The van der Waals surface area contributed by atoms with Gasteiger partial charge in [-0.2, -0.15) is 0 Å². The number of H-pyrrole nitrogens is 1. The molecule has 0 saturated heterocycles. The van der Waals surface area contributed by atoms with Gasteiger partial charge in [-0.05, 0) is 37.3 Å². The van der Waals surface area contributed by atoms with Crippen LogP contribution in [0.4, 0.5) is 0 Å². The van der Waals surface area contributed by atoms with E-state index in [9.17, 15) is 0 Å². The van der Waals surface area contributed by atoms with Crippen LogP contribution >= 0.6 is 0 Å². The van der Waals surface area contributed by atoms with Gasteiger partial charge in [0.25, 0.3) is 0 Å². The summed E-state index contributed by atoms with van der Waals surface area (Å²) in [6.45, 7) is 1.95. The first kappa shape index (κ1) is 12.5. The first-order valence-corrected chi connectivity index (χ1v) is 6.27. The van der Waals surface area contributed by atoms with Gasteiger partial charge < -0.3 is 14.5 Å². The molecular formula is C15H15N3O2. The van der Waals surface area contributed by atoms with E-state index in [1.165, 1.54) is 0 Å². The average molecular weight is 269 g/mol. The largest absolute Gasteiger partial charge is 0.493 e. The molecule has 0 bridgehead atoms. The Morgan fingerprint density at radius 1 is 0.950 bits per heavy atom. The molecule has 5 heteroatoms. The Morgan fingerprint density at radius 2 is 1.75 bits per heavy atom. The molecule has 3 aromatic rings. The summed E-state index contributed by atoms with van der Waals surface area (Å²) in [4.78, 5) is 12.2. The van der Waals surface area contributed by atoms with Crippen molar-refractivity contribution < 1.29 is 9.47 Å². The number of hydrogen-bond acceptors (Lipinski definition) is 4. The lowest BCUT2D eigenvalue weighted by Crippen LogP contribution is -1.91. The second kappa shape index (κ2) is 4.85. The van der Waals surface area contributed by atoms with Crippen LogP contribution in [0.3, 0.4) is 0 Å². The summed E-state index contributed by atoms with van der Waals surface area (Å²) in [6.07, 6.45) is 0. The summed E-state index contributed by atoms with van der Waals surface area (Å²) in [5.41, 5.74) is 3.51. The third-order valence-corrected chi connectivity index (χ3v) is 3.14. The Balaban J connectivity index is 2.10. The van der Waals surface area contributed by atoms with Gasteiger partial charge in [0, 0.05) is 11.3 Å². The molecule has 102 valence electrons. The molecule has 20 heavy (non-hydrogen) atoms. The normalized spacial score (nSPS) is 10.8. The maximum absolute atomic E-state index is 5.31. The highest BCUT2D eigenvalue weighted by atomic mass is 16.5. The number of methoxy groups -OCH3 is 2. The van der Waals surface area contributed by atoms with Gasteiger partial charge in [-0.1, -0.05) is 0 Å². The van der Waals surface area contributed by atoms with Crippen LogP contribution in [-0.2, 0) is 0 Å². The number of aryl methyl sites for hydroxylation is 1. The number of nitrogens with one attached hydrogen (secondary N) is 1. The van der Waals surface area contributed by atoms with Gasteiger partial charge in [-0.15, -0.1) is 0 Å². The van der Waals surface area contributed by atoms with Gasteiger partial charge in [-0.25, -0.2) is 9.97 Å². The third-order valence-electron chi connectivity index (χ3n) is 3.14. The van der Waals surface area contributed by atoms with Gasteiger partial charge in [0.15, 0.2) is 17.1 Å². The van der Waals surface area contributed by atoms with Crippen LogP contribution in [0, 0.1) is 6.92 Å². The average Bonchev–Trinajstić information content (AvgIpc) is 2.89. The Morgan fingerprint density at radius 3 is 2.50 bits per heavy atom. The predicted octanol–water partition coefficient (Wildman–Crippen LogP) is 2.95. The van der Waals surface area contributed by atoms with Crippen LogP contribution < -0.4 is 9.47 Å². The number of aromatic nitrogens is 3. The van der Waals surface area contributed by atoms with Crippen molar-refractivity contribution in [3.8, 4) is 22.9 Å². The number of benzene rings is 1. The van der Waals surface area contributed by atoms with Gasteiger partial charge in [-0.3, -0.25) is 0 Å². The molecule has 0 radical (unpaired) electrons. The fraction of sp³-hybridized carbons (Fsp3) is 0.200. The summed E-state index contributed by atoms with van der Waals surface area (Å²) in [5.74, 6) is 2.13. The quantitative estimate of drug-likeness (QED) is 0.794. The number of imidazole rings is 1. The Bertz CT molecular complexity index is 765. The van der Waals surface area contributed by atoms with E-state index >= 15 is 0 Å². The van der Waals surface area contributed by atoms with Crippen LogP contribution in [0.5, 0.6) is 11.5 Å². The minimum Gasteiger partial charge on any atom is -0.493 e. The zero-order valence-corrected chi connectivity index (χ0v) is 11.6. The number of pyridine rings is 1. The highest BCUT2D eigenvalue weighted by molar-refractivity contribution is 5.76. The molecule has 0 aliphatic rings. The molecule has 5 nitrogen and oxygen atoms in total. The van der Waals surface area contributed by atoms with Crippen molar-refractivity contribution in [1.29, 1.82) is 0 Å². The van der Waals surface area contributed by atoms with Crippen molar-refractivity contribution >= 4 is 11.2 Å². The molecule has 1 N–H and O–H groups in total. The molecule has 0 aliphatic heterocycles. The minimum absolute atomic E-state index is 0.676. The molecule has 0 fully saturated rings. The molecule has 1 aromatic carbocycles. The topological polar surface area (TPSA) is 60.0 Å². The van der Waals surface area contributed by atoms with E-state index in [1.54, 1.807) is 14.2 Å². The molecule has 0 amide bonds. The molecule has 0 saturated carbocycles. The molecule has 3 rings (SSSR count). The summed E-state index contributed by atoms with van der Waals surface area (Å²) in [7, 11) is 3.23. The Hall–Kier alpha value is -2.56. The lowest BCUT2D eigenvalue weighted by molar-refractivity contribution is 0.355. The fourth-order valence-electron chi connectivity index (χ4n) is 2.11. The number of fused-ring (bicyclic) bond motifs is 1. The molecule has 0 unspecified atom stereocenters. The zero-order valence-electron chi connectivity index (χ0n) is 11.6. The van der Waals surface area contributed by atoms with E-state index in [2.05, 4.69) is 15.0 Å². The standard InChI is InChI=1S/C15H15N3O2/c1-9-4-6-11-15(16-9)18-14(17-11)10-5-7-12(19-2)13(8-10)20-3/h4-8H,1-3H3,(H,16,17,18). The highest BCUT2D eigenvalue weighted by Gasteiger charge is 2.10. The number of rotatable bonds is 3. The number of ether oxygens (including phenoxy) is 2. The Kier molecular flexibility index (Phi) is 3.02. The highest BCUT2D eigenvalue weighted by Crippen LogP contribution is 2.31. The van der Waals surface area contributed by atoms with Crippen molar-refractivity contribution in [2.24, 2.45) is 0 Å². The Labute approximate surface area is 116 Å². The van der Waals surface area contributed by atoms with E-state index in [1.807, 2.05) is 37.3 Å². The molecule has 2 aromatic heterocycles. The first-order valence-electron chi connectivity index (χ1n) is 6.27. The summed E-state index contributed by atoms with van der Waals surface area (Å²) >= 11 is 0. The van der Waals surface area contributed by atoms with Crippen LogP contribution in [-0.4, -0.2) is 29.2 Å². The summed E-state index contributed by atoms with van der Waals surface area (Å²) in [6, 6.07) is 9.63. The van der Waals surface area contributed by atoms with Crippen LogP contribution in [0.15, 0.2) is 30.3 Å². The van der Waals surface area contributed by atoms with E-state index in [-0.39, 0.29) is 0 Å². The van der Waals surface area contributed by atoms with E-state index in [0.29, 0.717) is 11.5 Å². The molecule has 0 atom stereocenters. The van der Waals surface area contributed by atoms with E-state index in [4.69, 9.17) is 9.47 Å². The lowest BCUT2D eigenvalue weighted by Gasteiger charge is -2.08. The molecule has 0 aliphatic carbocycles. The van der Waals surface area contributed by atoms with Gasteiger partial charge in [0.1, 0.15) is 5.82 Å². The number of aromatic amines is 1. The van der Waals surface area contributed by atoms with Gasteiger partial charge in [0.05, 0.1) is 19.7 Å². The maximum atomic E-state index is 5.31. The van der Waals surface area contributed by atoms with E-state index in [0.717, 1.165) is 28.2 Å². The molecule has 0 spiro atoms. The van der Waals surface area contributed by atoms with Crippen LogP contribution in [0.25, 0.3) is 22.6 Å². The fourth-order valence-corrected chi connectivity index (χ4v) is 2.11. The van der Waals surface area contributed by atoms with Gasteiger partial charge >= 0.3 is 0 Å². The molecule has 2 heterocycles. The van der Waals surface area contributed by atoms with Crippen LogP contribution in [0.1, 0.15) is 5.69 Å². The first-order chi connectivity index (χ1) is 9.71. The van der Waals surface area contributed by atoms with Gasteiger partial charge in [0.2, 0.25) is 0 Å². The third kappa shape index (κ3) is 2.07. The summed E-state index contributed by atoms with van der Waals surface area (Å²) < 4.78 is 10.5.